The minimum atomic E-state index is -5.62. The second kappa shape index (κ2) is 4.21. The Morgan fingerprint density at radius 1 is 0.824 bits per heavy atom. The molecule has 1 rings (SSSR count). The third kappa shape index (κ3) is 2.11. The van der Waals surface area contributed by atoms with Gasteiger partial charge in [0.2, 0.25) is 5.41 Å². The van der Waals surface area contributed by atoms with E-state index in [9.17, 15) is 26.3 Å². The summed E-state index contributed by atoms with van der Waals surface area (Å²) in [5.41, 5.74) is -5.26. The maximum absolute atomic E-state index is 12.7. The van der Waals surface area contributed by atoms with E-state index in [2.05, 4.69) is 0 Å². The van der Waals surface area contributed by atoms with Gasteiger partial charge in [0.15, 0.2) is 0 Å². The molecular weight excluding hydrogens is 250 g/mol. The lowest BCUT2D eigenvalue weighted by atomic mass is 9.79. The molecule has 0 amide bonds. The molecular formula is C10H8F6O. The fraction of sp³-hybridized carbons (Fsp3) is 0.400. The standard InChI is InChI=1S/C10H8F6O/c11-9(12,13)8(6-17,10(14,15)16)7-4-2-1-3-5-7/h1-5,17H,6H2. The zero-order chi connectivity index (χ0) is 13.3. The van der Waals surface area contributed by atoms with Gasteiger partial charge < -0.3 is 5.11 Å². The Morgan fingerprint density at radius 3 is 1.53 bits per heavy atom. The third-order valence-electron chi connectivity index (χ3n) is 2.47. The summed E-state index contributed by atoms with van der Waals surface area (Å²) in [5, 5.41) is 8.66. The first-order valence-electron chi connectivity index (χ1n) is 4.46. The van der Waals surface area contributed by atoms with Crippen LogP contribution in [0.25, 0.3) is 0 Å². The zero-order valence-corrected chi connectivity index (χ0v) is 8.31. The molecule has 0 fully saturated rings. The monoisotopic (exact) mass is 258 g/mol. The van der Waals surface area contributed by atoms with Crippen molar-refractivity contribution in [1.29, 1.82) is 0 Å². The van der Waals surface area contributed by atoms with Crippen molar-refractivity contribution in [1.82, 2.24) is 0 Å². The smallest absolute Gasteiger partial charge is 0.395 e. The first kappa shape index (κ1) is 13.8. The summed E-state index contributed by atoms with van der Waals surface area (Å²) >= 11 is 0. The lowest BCUT2D eigenvalue weighted by Gasteiger charge is -2.36. The van der Waals surface area contributed by atoms with Gasteiger partial charge in [-0.3, -0.25) is 0 Å². The summed E-state index contributed by atoms with van der Waals surface area (Å²) in [4.78, 5) is 0. The number of hydrogen-bond acceptors (Lipinski definition) is 1. The molecule has 0 atom stereocenters. The van der Waals surface area contributed by atoms with Crippen LogP contribution in [0, 0.1) is 0 Å². The van der Waals surface area contributed by atoms with Crippen LogP contribution in [0.5, 0.6) is 0 Å². The Labute approximate surface area is 92.7 Å². The molecule has 7 heteroatoms. The number of hydrogen-bond donors (Lipinski definition) is 1. The number of benzene rings is 1. The summed E-state index contributed by atoms with van der Waals surface area (Å²) in [5.74, 6) is 0. The Bertz CT molecular complexity index is 353. The number of rotatable bonds is 2. The Balaban J connectivity index is 3.49. The van der Waals surface area contributed by atoms with E-state index in [1.807, 2.05) is 0 Å². The van der Waals surface area contributed by atoms with Crippen LogP contribution in [0.15, 0.2) is 30.3 Å². The van der Waals surface area contributed by atoms with E-state index in [-0.39, 0.29) is 0 Å². The van der Waals surface area contributed by atoms with Crippen molar-refractivity contribution in [3.63, 3.8) is 0 Å². The van der Waals surface area contributed by atoms with Gasteiger partial charge in [-0.25, -0.2) is 0 Å². The van der Waals surface area contributed by atoms with E-state index in [0.717, 1.165) is 12.1 Å². The molecule has 0 bridgehead atoms. The highest BCUT2D eigenvalue weighted by molar-refractivity contribution is 5.30. The van der Waals surface area contributed by atoms with Crippen LogP contribution < -0.4 is 0 Å². The van der Waals surface area contributed by atoms with E-state index in [1.165, 1.54) is 6.07 Å². The maximum atomic E-state index is 12.7. The molecule has 0 heterocycles. The molecule has 17 heavy (non-hydrogen) atoms. The van der Waals surface area contributed by atoms with Crippen LogP contribution in [0.2, 0.25) is 0 Å². The molecule has 0 unspecified atom stereocenters. The van der Waals surface area contributed by atoms with Crippen LogP contribution in [0.3, 0.4) is 0 Å². The first-order valence-corrected chi connectivity index (χ1v) is 4.46. The van der Waals surface area contributed by atoms with Crippen molar-refractivity contribution < 1.29 is 31.4 Å². The average molecular weight is 258 g/mol. The van der Waals surface area contributed by atoms with Crippen molar-refractivity contribution in [3.05, 3.63) is 35.9 Å². The average Bonchev–Trinajstić information content (AvgIpc) is 2.16. The second-order valence-corrected chi connectivity index (χ2v) is 3.42. The molecule has 1 aromatic carbocycles. The fourth-order valence-electron chi connectivity index (χ4n) is 1.48. The summed E-state index contributed by atoms with van der Waals surface area (Å²) < 4.78 is 76.1. The number of alkyl halides is 6. The van der Waals surface area contributed by atoms with E-state index in [4.69, 9.17) is 5.11 Å². The van der Waals surface area contributed by atoms with Crippen molar-refractivity contribution in [2.75, 3.05) is 6.61 Å². The minimum Gasteiger partial charge on any atom is -0.395 e. The highest BCUT2D eigenvalue weighted by Gasteiger charge is 2.71. The van der Waals surface area contributed by atoms with Crippen molar-refractivity contribution in [2.24, 2.45) is 0 Å². The van der Waals surface area contributed by atoms with Gasteiger partial charge in [0.05, 0.1) is 6.61 Å². The molecule has 0 saturated carbocycles. The zero-order valence-electron chi connectivity index (χ0n) is 8.31. The molecule has 1 nitrogen and oxygen atoms in total. The van der Waals surface area contributed by atoms with Crippen LogP contribution in [-0.4, -0.2) is 24.1 Å². The minimum absolute atomic E-state index is 0.692. The van der Waals surface area contributed by atoms with Gasteiger partial charge >= 0.3 is 12.4 Å². The Morgan fingerprint density at radius 2 is 1.24 bits per heavy atom. The molecule has 0 aliphatic heterocycles. The highest BCUT2D eigenvalue weighted by atomic mass is 19.4. The van der Waals surface area contributed by atoms with E-state index < -0.39 is 29.9 Å². The van der Waals surface area contributed by atoms with Gasteiger partial charge in [0.25, 0.3) is 0 Å². The van der Waals surface area contributed by atoms with Crippen LogP contribution in [0.4, 0.5) is 26.3 Å². The summed E-state index contributed by atoms with van der Waals surface area (Å²) in [6.07, 6.45) is -11.2. The number of aliphatic hydroxyl groups excluding tert-OH is 1. The first-order chi connectivity index (χ1) is 7.67. The van der Waals surface area contributed by atoms with Gasteiger partial charge in [-0.15, -0.1) is 0 Å². The van der Waals surface area contributed by atoms with E-state index in [1.54, 1.807) is 0 Å². The second-order valence-electron chi connectivity index (χ2n) is 3.42. The quantitative estimate of drug-likeness (QED) is 0.808. The van der Waals surface area contributed by atoms with Crippen molar-refractivity contribution in [3.8, 4) is 0 Å². The fourth-order valence-corrected chi connectivity index (χ4v) is 1.48. The Kier molecular flexibility index (Phi) is 3.42. The van der Waals surface area contributed by atoms with Crippen LogP contribution in [-0.2, 0) is 5.41 Å². The molecule has 0 aliphatic carbocycles. The van der Waals surface area contributed by atoms with Gasteiger partial charge in [-0.05, 0) is 5.56 Å². The topological polar surface area (TPSA) is 20.2 Å². The normalized spacial score (nSPS) is 13.8. The van der Waals surface area contributed by atoms with Gasteiger partial charge in [0, 0.05) is 0 Å². The molecule has 0 saturated heterocycles. The number of halogens is 6. The molecule has 1 N–H and O–H groups in total. The molecule has 0 aromatic heterocycles. The molecule has 1 aromatic rings. The van der Waals surface area contributed by atoms with Crippen molar-refractivity contribution >= 4 is 0 Å². The lowest BCUT2D eigenvalue weighted by molar-refractivity contribution is -0.311. The van der Waals surface area contributed by atoms with E-state index >= 15 is 0 Å². The molecule has 0 radical (unpaired) electrons. The number of aliphatic hydroxyl groups is 1. The Hall–Kier alpha value is -1.24. The molecule has 0 aliphatic rings. The molecule has 0 spiro atoms. The SMILES string of the molecule is OCC(c1ccccc1)(C(F)(F)F)C(F)(F)F. The van der Waals surface area contributed by atoms with Crippen molar-refractivity contribution in [2.45, 2.75) is 17.8 Å². The summed E-state index contributed by atoms with van der Waals surface area (Å²) in [6, 6.07) is 4.78. The lowest BCUT2D eigenvalue weighted by Crippen LogP contribution is -2.56. The summed E-state index contributed by atoms with van der Waals surface area (Å²) in [6.45, 7) is -2.08. The van der Waals surface area contributed by atoms with Gasteiger partial charge in [-0.1, -0.05) is 30.3 Å². The summed E-state index contributed by atoms with van der Waals surface area (Å²) in [7, 11) is 0. The van der Waals surface area contributed by atoms with E-state index in [0.29, 0.717) is 12.1 Å². The predicted octanol–water partition coefficient (Wildman–Crippen LogP) is 3.04. The van der Waals surface area contributed by atoms with Gasteiger partial charge in [-0.2, -0.15) is 26.3 Å². The highest BCUT2D eigenvalue weighted by Crippen LogP contribution is 2.51. The van der Waals surface area contributed by atoms with Gasteiger partial charge in [0.1, 0.15) is 0 Å². The maximum Gasteiger partial charge on any atom is 0.409 e. The van der Waals surface area contributed by atoms with Crippen LogP contribution in [0.1, 0.15) is 5.56 Å². The largest absolute Gasteiger partial charge is 0.409 e. The third-order valence-corrected chi connectivity index (χ3v) is 2.47. The van der Waals surface area contributed by atoms with Crippen LogP contribution >= 0.6 is 0 Å². The predicted molar refractivity (Wildman–Crippen MR) is 47.3 cm³/mol. The molecule has 96 valence electrons.